The summed E-state index contributed by atoms with van der Waals surface area (Å²) in [6.45, 7) is 8.67. The van der Waals surface area contributed by atoms with Crippen molar-refractivity contribution in [1.29, 1.82) is 0 Å². The molecule has 0 radical (unpaired) electrons. The summed E-state index contributed by atoms with van der Waals surface area (Å²) in [6, 6.07) is 10.1. The summed E-state index contributed by atoms with van der Waals surface area (Å²) in [4.78, 5) is 27.9. The van der Waals surface area contributed by atoms with Gasteiger partial charge in [-0.2, -0.15) is 0 Å². The topological polar surface area (TPSA) is 74.3 Å². The molecule has 2 heterocycles. The zero-order valence-electron chi connectivity index (χ0n) is 21.5. The third-order valence-electron chi connectivity index (χ3n) is 8.81. The van der Waals surface area contributed by atoms with Crippen LogP contribution in [0.4, 0.5) is 0 Å². The first-order valence-corrected chi connectivity index (χ1v) is 13.0. The van der Waals surface area contributed by atoms with Crippen molar-refractivity contribution in [3.63, 3.8) is 0 Å². The summed E-state index contributed by atoms with van der Waals surface area (Å²) in [5.41, 5.74) is 0.477. The van der Waals surface area contributed by atoms with Crippen LogP contribution in [0.3, 0.4) is 0 Å². The Morgan fingerprint density at radius 3 is 2.49 bits per heavy atom. The quantitative estimate of drug-likeness (QED) is 0.522. The molecule has 4 fully saturated rings. The van der Waals surface area contributed by atoms with Gasteiger partial charge in [0.15, 0.2) is 5.79 Å². The normalized spacial score (nSPS) is 34.4. The molecule has 4 aliphatic rings. The molecule has 5 rings (SSSR count). The largest absolute Gasteiger partial charge is 0.466 e. The molecule has 0 N–H and O–H groups in total. The highest BCUT2D eigenvalue weighted by Crippen LogP contribution is 2.68. The number of likely N-dealkylation sites (tertiary alicyclic amines) is 1. The lowest BCUT2D eigenvalue weighted by atomic mass is 9.62. The first kappa shape index (κ1) is 24.7. The number of esters is 1. The van der Waals surface area contributed by atoms with Gasteiger partial charge in [0, 0.05) is 43.7 Å². The number of rotatable bonds is 8. The van der Waals surface area contributed by atoms with Gasteiger partial charge in [-0.25, -0.2) is 0 Å². The van der Waals surface area contributed by atoms with Crippen molar-refractivity contribution in [3.05, 3.63) is 35.9 Å². The number of hydrogen-bond acceptors (Lipinski definition) is 6. The van der Waals surface area contributed by atoms with E-state index in [0.29, 0.717) is 58.7 Å². The predicted octanol–water partition coefficient (Wildman–Crippen LogP) is 3.80. The summed E-state index contributed by atoms with van der Waals surface area (Å²) in [6.07, 6.45) is 2.41. The maximum atomic E-state index is 13.8. The van der Waals surface area contributed by atoms with Crippen LogP contribution in [0.15, 0.2) is 30.3 Å². The third-order valence-corrected chi connectivity index (χ3v) is 8.81. The summed E-state index contributed by atoms with van der Waals surface area (Å²) in [5, 5.41) is 0. The number of nitrogens with zero attached hydrogens (tertiary/aromatic N) is 1. The van der Waals surface area contributed by atoms with Gasteiger partial charge in [-0.05, 0) is 30.7 Å². The first-order valence-electron chi connectivity index (χ1n) is 13.0. The predicted molar refractivity (Wildman–Crippen MR) is 129 cm³/mol. The van der Waals surface area contributed by atoms with Crippen LogP contribution in [0.5, 0.6) is 0 Å². The molecule has 192 valence electrons. The van der Waals surface area contributed by atoms with Crippen LogP contribution in [-0.2, 0) is 35.1 Å². The molecule has 1 amide bonds. The minimum Gasteiger partial charge on any atom is -0.466 e. The molecule has 1 spiro atoms. The highest BCUT2D eigenvalue weighted by Gasteiger charge is 2.75. The van der Waals surface area contributed by atoms with Crippen LogP contribution in [0.2, 0.25) is 0 Å². The molecule has 4 bridgehead atoms. The Labute approximate surface area is 208 Å². The monoisotopic (exact) mass is 485 g/mol. The number of carbonyl (C=O) groups is 2. The van der Waals surface area contributed by atoms with E-state index in [9.17, 15) is 9.59 Å². The van der Waals surface area contributed by atoms with Crippen LogP contribution in [0, 0.1) is 28.6 Å². The standard InChI is InChI=1S/C28H39NO6/c1-5-33-23(30)12-11-20-21-13-27(34-16-26(2,3)17-35-27)14-22-24(20)29(4)25(31)28(21,22)18-32-15-19-9-7-6-8-10-19/h6-10,20-22,24H,5,11-18H2,1-4H3/t20-,21-,22+,24-,28+/m0/s1. The molecule has 35 heavy (non-hydrogen) atoms. The number of ether oxygens (including phenoxy) is 4. The Hall–Kier alpha value is -1.96. The van der Waals surface area contributed by atoms with E-state index in [-0.39, 0.29) is 41.1 Å². The molecule has 1 aromatic carbocycles. The van der Waals surface area contributed by atoms with E-state index in [1.165, 1.54) is 0 Å². The third kappa shape index (κ3) is 4.19. The minimum atomic E-state index is -0.657. The van der Waals surface area contributed by atoms with Gasteiger partial charge >= 0.3 is 5.97 Å². The fourth-order valence-corrected chi connectivity index (χ4v) is 7.28. The average molecular weight is 486 g/mol. The summed E-state index contributed by atoms with van der Waals surface area (Å²) in [5.74, 6) is -0.354. The van der Waals surface area contributed by atoms with E-state index in [1.807, 2.05) is 49.2 Å². The van der Waals surface area contributed by atoms with Crippen molar-refractivity contribution < 1.29 is 28.5 Å². The lowest BCUT2D eigenvalue weighted by Crippen LogP contribution is -2.58. The van der Waals surface area contributed by atoms with Gasteiger partial charge in [0.05, 0.1) is 38.4 Å². The van der Waals surface area contributed by atoms with E-state index >= 15 is 0 Å². The first-order chi connectivity index (χ1) is 16.7. The van der Waals surface area contributed by atoms with Crippen molar-refractivity contribution in [2.24, 2.45) is 28.6 Å². The smallest absolute Gasteiger partial charge is 0.305 e. The van der Waals surface area contributed by atoms with Crippen LogP contribution >= 0.6 is 0 Å². The average Bonchev–Trinajstić information content (AvgIpc) is 3.12. The van der Waals surface area contributed by atoms with Crippen LogP contribution in [0.1, 0.15) is 52.0 Å². The van der Waals surface area contributed by atoms with Gasteiger partial charge in [0.2, 0.25) is 5.91 Å². The number of benzene rings is 1. The molecule has 2 aliphatic carbocycles. The molecule has 2 saturated heterocycles. The van der Waals surface area contributed by atoms with Crippen molar-refractivity contribution in [2.45, 2.75) is 64.9 Å². The van der Waals surface area contributed by atoms with Gasteiger partial charge in [0.1, 0.15) is 0 Å². The fraction of sp³-hybridized carbons (Fsp3) is 0.714. The highest BCUT2D eigenvalue weighted by atomic mass is 16.7. The van der Waals surface area contributed by atoms with Crippen molar-refractivity contribution in [3.8, 4) is 0 Å². The van der Waals surface area contributed by atoms with Gasteiger partial charge in [-0.1, -0.05) is 44.2 Å². The number of amides is 1. The maximum absolute atomic E-state index is 13.8. The Bertz CT molecular complexity index is 938. The summed E-state index contributed by atoms with van der Waals surface area (Å²) < 4.78 is 24.4. The zero-order chi connectivity index (χ0) is 24.8. The zero-order valence-corrected chi connectivity index (χ0v) is 21.5. The molecular formula is C28H39NO6. The van der Waals surface area contributed by atoms with E-state index in [1.54, 1.807) is 0 Å². The fourth-order valence-electron chi connectivity index (χ4n) is 7.28. The summed E-state index contributed by atoms with van der Waals surface area (Å²) in [7, 11) is 1.91. The molecule has 0 unspecified atom stereocenters. The lowest BCUT2D eigenvalue weighted by molar-refractivity contribution is -0.326. The van der Waals surface area contributed by atoms with Crippen LogP contribution in [-0.4, -0.2) is 62.1 Å². The van der Waals surface area contributed by atoms with Crippen LogP contribution in [0.25, 0.3) is 0 Å². The van der Waals surface area contributed by atoms with E-state index in [4.69, 9.17) is 18.9 Å². The highest BCUT2D eigenvalue weighted by molar-refractivity contribution is 5.88. The molecule has 1 aromatic rings. The molecule has 0 aromatic heterocycles. The van der Waals surface area contributed by atoms with E-state index in [0.717, 1.165) is 5.56 Å². The second kappa shape index (κ2) is 9.16. The summed E-state index contributed by atoms with van der Waals surface area (Å²) >= 11 is 0. The second-order valence-corrected chi connectivity index (χ2v) is 11.7. The Kier molecular flexibility index (Phi) is 6.47. The van der Waals surface area contributed by atoms with Crippen molar-refractivity contribution >= 4 is 11.9 Å². The van der Waals surface area contributed by atoms with Gasteiger partial charge in [-0.15, -0.1) is 0 Å². The molecule has 2 aliphatic heterocycles. The minimum absolute atomic E-state index is 0.0207. The SMILES string of the molecule is CCOC(=O)CC[C@@H]1[C@H]2[C@H]3CC4(C[C@@H]1[C@@]3(COCc1ccccc1)C(=O)N2C)OCC(C)(C)CO4. The number of hydrogen-bond donors (Lipinski definition) is 0. The Balaban J connectivity index is 1.41. The van der Waals surface area contributed by atoms with Gasteiger partial charge in [0.25, 0.3) is 0 Å². The Morgan fingerprint density at radius 2 is 1.80 bits per heavy atom. The number of piperidine rings is 1. The van der Waals surface area contributed by atoms with Crippen molar-refractivity contribution in [1.82, 2.24) is 4.90 Å². The van der Waals surface area contributed by atoms with Crippen LogP contribution < -0.4 is 0 Å². The van der Waals surface area contributed by atoms with Gasteiger partial charge in [-0.3, -0.25) is 9.59 Å². The Morgan fingerprint density at radius 1 is 1.11 bits per heavy atom. The van der Waals surface area contributed by atoms with Gasteiger partial charge < -0.3 is 23.8 Å². The second-order valence-electron chi connectivity index (χ2n) is 11.7. The van der Waals surface area contributed by atoms with E-state index < -0.39 is 11.2 Å². The molecule has 7 nitrogen and oxygen atoms in total. The molecule has 5 atom stereocenters. The molecular weight excluding hydrogens is 446 g/mol. The molecule has 2 saturated carbocycles. The maximum Gasteiger partial charge on any atom is 0.305 e. The number of carbonyl (C=O) groups excluding carboxylic acids is 2. The lowest BCUT2D eigenvalue weighted by Gasteiger charge is -2.52. The van der Waals surface area contributed by atoms with Crippen molar-refractivity contribution in [2.75, 3.05) is 33.5 Å². The van der Waals surface area contributed by atoms with E-state index in [2.05, 4.69) is 13.8 Å². The molecule has 7 heteroatoms.